The number of rotatable bonds is 9. The van der Waals surface area contributed by atoms with Gasteiger partial charge in [-0.25, -0.2) is 4.79 Å². The van der Waals surface area contributed by atoms with Gasteiger partial charge >= 0.3 is 5.97 Å². The van der Waals surface area contributed by atoms with Crippen molar-refractivity contribution in [1.82, 2.24) is 10.6 Å². The summed E-state index contributed by atoms with van der Waals surface area (Å²) in [6, 6.07) is 13.7. The zero-order valence-corrected chi connectivity index (χ0v) is 15.0. The number of hydrogen-bond donors (Lipinski definition) is 3. The third kappa shape index (κ3) is 6.81. The van der Waals surface area contributed by atoms with Gasteiger partial charge in [0.2, 0.25) is 11.8 Å². The summed E-state index contributed by atoms with van der Waals surface area (Å²) in [4.78, 5) is 34.4. The Morgan fingerprint density at radius 1 is 0.889 bits per heavy atom. The van der Waals surface area contributed by atoms with Crippen LogP contribution in [0.4, 0.5) is 0 Å². The van der Waals surface area contributed by atoms with Crippen molar-refractivity contribution in [2.24, 2.45) is 0 Å². The van der Waals surface area contributed by atoms with Crippen LogP contribution in [0.15, 0.2) is 48.5 Å². The first-order chi connectivity index (χ1) is 13.0. The van der Waals surface area contributed by atoms with Crippen molar-refractivity contribution in [3.63, 3.8) is 0 Å². The normalized spacial score (nSPS) is 10.1. The summed E-state index contributed by atoms with van der Waals surface area (Å²) in [7, 11) is 1.59. The van der Waals surface area contributed by atoms with E-state index < -0.39 is 5.97 Å². The van der Waals surface area contributed by atoms with Crippen molar-refractivity contribution < 1.29 is 24.2 Å². The molecule has 0 heterocycles. The molecule has 0 atom stereocenters. The molecule has 0 spiro atoms. The highest BCUT2D eigenvalue weighted by Gasteiger charge is 2.07. The molecule has 0 bridgehead atoms. The second kappa shape index (κ2) is 9.96. The maximum Gasteiger partial charge on any atom is 0.335 e. The lowest BCUT2D eigenvalue weighted by Gasteiger charge is -2.08. The predicted molar refractivity (Wildman–Crippen MR) is 99.6 cm³/mol. The smallest absolute Gasteiger partial charge is 0.335 e. The lowest BCUT2D eigenvalue weighted by atomic mass is 10.1. The van der Waals surface area contributed by atoms with Gasteiger partial charge in [-0.3, -0.25) is 9.59 Å². The molecule has 2 aromatic carbocycles. The highest BCUT2D eigenvalue weighted by Crippen LogP contribution is 2.11. The SMILES string of the molecule is COc1ccc(CNC(=O)CNC(=O)CCc2ccc(C(=O)O)cc2)cc1. The molecule has 7 nitrogen and oxygen atoms in total. The Balaban J connectivity index is 1.66. The van der Waals surface area contributed by atoms with Crippen LogP contribution in [0.3, 0.4) is 0 Å². The van der Waals surface area contributed by atoms with Gasteiger partial charge < -0.3 is 20.5 Å². The first kappa shape index (κ1) is 20.0. The van der Waals surface area contributed by atoms with Gasteiger partial charge in [0.05, 0.1) is 19.2 Å². The number of carbonyl (C=O) groups excluding carboxylic acids is 2. The summed E-state index contributed by atoms with van der Waals surface area (Å²) in [5.41, 5.74) is 2.00. The fraction of sp³-hybridized carbons (Fsp3) is 0.250. The number of carboxylic acids is 1. The molecule has 0 unspecified atom stereocenters. The van der Waals surface area contributed by atoms with E-state index in [0.717, 1.165) is 16.9 Å². The number of aryl methyl sites for hydroxylation is 1. The van der Waals surface area contributed by atoms with Gasteiger partial charge in [-0.15, -0.1) is 0 Å². The van der Waals surface area contributed by atoms with Gasteiger partial charge in [0.25, 0.3) is 0 Å². The molecule has 0 saturated heterocycles. The van der Waals surface area contributed by atoms with Crippen LogP contribution in [0, 0.1) is 0 Å². The summed E-state index contributed by atoms with van der Waals surface area (Å²) in [5, 5.41) is 14.2. The van der Waals surface area contributed by atoms with E-state index in [1.165, 1.54) is 12.1 Å². The van der Waals surface area contributed by atoms with Crippen LogP contribution in [-0.2, 0) is 22.6 Å². The van der Waals surface area contributed by atoms with E-state index in [2.05, 4.69) is 10.6 Å². The van der Waals surface area contributed by atoms with Gasteiger partial charge in [-0.1, -0.05) is 24.3 Å². The van der Waals surface area contributed by atoms with E-state index in [1.54, 1.807) is 19.2 Å². The van der Waals surface area contributed by atoms with Gasteiger partial charge in [0.15, 0.2) is 0 Å². The number of carboxylic acid groups (broad SMARTS) is 1. The van der Waals surface area contributed by atoms with E-state index in [1.807, 2.05) is 24.3 Å². The van der Waals surface area contributed by atoms with Crippen molar-refractivity contribution in [3.8, 4) is 5.75 Å². The topological polar surface area (TPSA) is 105 Å². The highest BCUT2D eigenvalue weighted by molar-refractivity contribution is 5.87. The molecule has 142 valence electrons. The summed E-state index contributed by atoms with van der Waals surface area (Å²) in [6.07, 6.45) is 0.692. The van der Waals surface area contributed by atoms with Crippen molar-refractivity contribution in [3.05, 3.63) is 65.2 Å². The monoisotopic (exact) mass is 370 g/mol. The molecular formula is C20H22N2O5. The standard InChI is InChI=1S/C20H22N2O5/c1-27-17-9-4-15(5-10-17)12-21-19(24)13-22-18(23)11-6-14-2-7-16(8-3-14)20(25)26/h2-5,7-10H,6,11-13H2,1H3,(H,21,24)(H,22,23)(H,25,26). The minimum Gasteiger partial charge on any atom is -0.497 e. The highest BCUT2D eigenvalue weighted by atomic mass is 16.5. The van der Waals surface area contributed by atoms with Crippen LogP contribution in [0.25, 0.3) is 0 Å². The van der Waals surface area contributed by atoms with Gasteiger partial charge in [0.1, 0.15) is 5.75 Å². The molecule has 0 aliphatic rings. The number of ether oxygens (including phenoxy) is 1. The number of benzene rings is 2. The first-order valence-electron chi connectivity index (χ1n) is 8.46. The molecule has 27 heavy (non-hydrogen) atoms. The van der Waals surface area contributed by atoms with E-state index in [-0.39, 0.29) is 30.3 Å². The summed E-state index contributed by atoms with van der Waals surface area (Å²) in [5.74, 6) is -0.753. The summed E-state index contributed by atoms with van der Waals surface area (Å²) >= 11 is 0. The lowest BCUT2D eigenvalue weighted by molar-refractivity contribution is -0.126. The molecule has 2 rings (SSSR count). The summed E-state index contributed by atoms with van der Waals surface area (Å²) < 4.78 is 5.07. The average Bonchev–Trinajstić information content (AvgIpc) is 2.69. The van der Waals surface area contributed by atoms with Crippen LogP contribution in [0.2, 0.25) is 0 Å². The third-order valence-corrected chi connectivity index (χ3v) is 3.94. The maximum atomic E-state index is 11.8. The minimum atomic E-state index is -0.986. The molecule has 7 heteroatoms. The zero-order valence-electron chi connectivity index (χ0n) is 15.0. The second-order valence-electron chi connectivity index (χ2n) is 5.90. The predicted octanol–water partition coefficient (Wildman–Crippen LogP) is 1.76. The van der Waals surface area contributed by atoms with Crippen molar-refractivity contribution in [2.45, 2.75) is 19.4 Å². The van der Waals surface area contributed by atoms with Crippen LogP contribution >= 0.6 is 0 Å². The quantitative estimate of drug-likeness (QED) is 0.624. The van der Waals surface area contributed by atoms with Crippen LogP contribution in [-0.4, -0.2) is 36.5 Å². The van der Waals surface area contributed by atoms with E-state index in [9.17, 15) is 14.4 Å². The number of methoxy groups -OCH3 is 1. The van der Waals surface area contributed by atoms with E-state index in [0.29, 0.717) is 13.0 Å². The molecule has 3 N–H and O–H groups in total. The Morgan fingerprint density at radius 3 is 2.11 bits per heavy atom. The van der Waals surface area contributed by atoms with Crippen molar-refractivity contribution in [1.29, 1.82) is 0 Å². The number of amides is 2. The van der Waals surface area contributed by atoms with Crippen molar-refractivity contribution >= 4 is 17.8 Å². The van der Waals surface area contributed by atoms with Crippen LogP contribution < -0.4 is 15.4 Å². The van der Waals surface area contributed by atoms with E-state index >= 15 is 0 Å². The van der Waals surface area contributed by atoms with Gasteiger partial charge in [-0.05, 0) is 41.8 Å². The number of nitrogens with one attached hydrogen (secondary N) is 2. The van der Waals surface area contributed by atoms with Crippen LogP contribution in [0.1, 0.15) is 27.9 Å². The van der Waals surface area contributed by atoms with Gasteiger partial charge in [0, 0.05) is 13.0 Å². The molecule has 0 aliphatic heterocycles. The molecule has 0 fully saturated rings. The molecule has 0 saturated carbocycles. The Bertz CT molecular complexity index is 785. The van der Waals surface area contributed by atoms with Crippen molar-refractivity contribution in [2.75, 3.05) is 13.7 Å². The second-order valence-corrected chi connectivity index (χ2v) is 5.90. The molecule has 2 amide bonds. The molecule has 2 aromatic rings. The van der Waals surface area contributed by atoms with Gasteiger partial charge in [-0.2, -0.15) is 0 Å². The number of hydrogen-bond acceptors (Lipinski definition) is 4. The Morgan fingerprint density at radius 2 is 1.52 bits per heavy atom. The minimum absolute atomic E-state index is 0.0903. The first-order valence-corrected chi connectivity index (χ1v) is 8.46. The lowest BCUT2D eigenvalue weighted by Crippen LogP contribution is -2.36. The molecule has 0 aliphatic carbocycles. The third-order valence-electron chi connectivity index (χ3n) is 3.94. The Labute approximate surface area is 157 Å². The summed E-state index contributed by atoms with van der Waals surface area (Å²) in [6.45, 7) is 0.279. The molecule has 0 aromatic heterocycles. The van der Waals surface area contributed by atoms with Crippen LogP contribution in [0.5, 0.6) is 5.75 Å². The number of carbonyl (C=O) groups is 3. The fourth-order valence-electron chi connectivity index (χ4n) is 2.35. The maximum absolute atomic E-state index is 11.8. The Kier molecular flexibility index (Phi) is 7.37. The average molecular weight is 370 g/mol. The van der Waals surface area contributed by atoms with E-state index in [4.69, 9.17) is 9.84 Å². The molecular weight excluding hydrogens is 348 g/mol. The largest absolute Gasteiger partial charge is 0.497 e. The molecule has 0 radical (unpaired) electrons. The number of aromatic carboxylic acids is 1. The zero-order chi connectivity index (χ0) is 19.6. The Hall–Kier alpha value is -3.35. The fourth-order valence-corrected chi connectivity index (χ4v) is 2.35.